The first-order valence-electron chi connectivity index (χ1n) is 5.62. The Hall–Kier alpha value is -1.32. The lowest BCUT2D eigenvalue weighted by Gasteiger charge is -2.18. The van der Waals surface area contributed by atoms with Crippen LogP contribution in [-0.4, -0.2) is 25.3 Å². The maximum atomic E-state index is 12.1. The molecule has 0 radical (unpaired) electrons. The van der Waals surface area contributed by atoms with Gasteiger partial charge in [-0.05, 0) is 26.0 Å². The molecule has 0 N–H and O–H groups in total. The molecule has 100 valence electrons. The molecule has 0 amide bonds. The smallest absolute Gasteiger partial charge is 0.376 e. The summed E-state index contributed by atoms with van der Waals surface area (Å²) in [5.74, 6) is -0.129. The maximum absolute atomic E-state index is 12.1. The lowest BCUT2D eigenvalue weighted by Crippen LogP contribution is -2.23. The van der Waals surface area contributed by atoms with Crippen LogP contribution in [0.5, 0.6) is 5.75 Å². The van der Waals surface area contributed by atoms with Crippen molar-refractivity contribution in [2.75, 3.05) is 13.3 Å². The Morgan fingerprint density at radius 1 is 1.33 bits per heavy atom. The normalized spacial score (nSPS) is 15.5. The fraction of sp³-hybridized carbons (Fsp3) is 0.417. The Labute approximate surface area is 107 Å². The van der Waals surface area contributed by atoms with E-state index in [-0.39, 0.29) is 6.61 Å². The molecule has 0 bridgehead atoms. The third kappa shape index (κ3) is 4.90. The number of esters is 1. The summed E-state index contributed by atoms with van der Waals surface area (Å²) in [4.78, 5) is 11.3. The predicted molar refractivity (Wildman–Crippen MR) is 67.8 cm³/mol. The van der Waals surface area contributed by atoms with Gasteiger partial charge in [-0.15, -0.1) is 0 Å². The molecule has 0 aliphatic carbocycles. The summed E-state index contributed by atoms with van der Waals surface area (Å²) in [6.45, 7) is 4.73. The van der Waals surface area contributed by atoms with E-state index in [1.807, 2.05) is 6.07 Å². The number of para-hydroxylation sites is 1. The molecular weight excluding hydrogens is 255 g/mol. The molecule has 1 aromatic rings. The Bertz CT molecular complexity index is 431. The molecule has 0 aromatic heterocycles. The molecule has 2 unspecified atom stereocenters. The summed E-state index contributed by atoms with van der Waals surface area (Å²) in [5.41, 5.74) is 0. The second-order valence-electron chi connectivity index (χ2n) is 3.68. The maximum Gasteiger partial charge on any atom is 0.376 e. The summed E-state index contributed by atoms with van der Waals surface area (Å²) < 4.78 is 27.2. The standard InChI is InChI=1S/C12H17O5P/c1-4-15-12(13)10(2)16-18(3,14)17-11-8-6-5-7-9-11/h5-10H,4H2,1-3H3. The zero-order valence-electron chi connectivity index (χ0n) is 10.7. The molecule has 0 heterocycles. The van der Waals surface area contributed by atoms with Crippen LogP contribution in [0, 0.1) is 0 Å². The highest BCUT2D eigenvalue weighted by Crippen LogP contribution is 2.45. The number of hydrogen-bond acceptors (Lipinski definition) is 5. The monoisotopic (exact) mass is 272 g/mol. The molecule has 6 heteroatoms. The van der Waals surface area contributed by atoms with E-state index in [1.54, 1.807) is 31.2 Å². The Balaban J connectivity index is 2.59. The number of carbonyl (C=O) groups excluding carboxylic acids is 1. The molecule has 1 aromatic carbocycles. The first-order chi connectivity index (χ1) is 8.44. The molecule has 18 heavy (non-hydrogen) atoms. The van der Waals surface area contributed by atoms with Gasteiger partial charge in [0.05, 0.1) is 6.61 Å². The minimum Gasteiger partial charge on any atom is -0.464 e. The van der Waals surface area contributed by atoms with Gasteiger partial charge in [0.2, 0.25) is 0 Å². The van der Waals surface area contributed by atoms with Crippen LogP contribution < -0.4 is 4.52 Å². The Morgan fingerprint density at radius 3 is 2.50 bits per heavy atom. The van der Waals surface area contributed by atoms with Gasteiger partial charge in [0.15, 0.2) is 6.10 Å². The highest BCUT2D eigenvalue weighted by atomic mass is 31.2. The van der Waals surface area contributed by atoms with E-state index in [0.29, 0.717) is 5.75 Å². The lowest BCUT2D eigenvalue weighted by atomic mass is 10.3. The second-order valence-corrected chi connectivity index (χ2v) is 5.61. The highest BCUT2D eigenvalue weighted by molar-refractivity contribution is 7.53. The highest BCUT2D eigenvalue weighted by Gasteiger charge is 2.27. The van der Waals surface area contributed by atoms with Crippen molar-refractivity contribution in [2.24, 2.45) is 0 Å². The molecule has 0 fully saturated rings. The van der Waals surface area contributed by atoms with Crippen molar-refractivity contribution in [1.29, 1.82) is 0 Å². The van der Waals surface area contributed by atoms with E-state index < -0.39 is 19.7 Å². The van der Waals surface area contributed by atoms with Crippen molar-refractivity contribution in [3.05, 3.63) is 30.3 Å². The molecule has 0 saturated carbocycles. The molecule has 0 aliphatic rings. The van der Waals surface area contributed by atoms with Crippen molar-refractivity contribution in [1.82, 2.24) is 0 Å². The summed E-state index contributed by atoms with van der Waals surface area (Å²) >= 11 is 0. The van der Waals surface area contributed by atoms with E-state index >= 15 is 0 Å². The fourth-order valence-corrected chi connectivity index (χ4v) is 2.49. The number of rotatable bonds is 6. The van der Waals surface area contributed by atoms with Crippen molar-refractivity contribution in [2.45, 2.75) is 20.0 Å². The SMILES string of the molecule is CCOC(=O)C(C)OP(C)(=O)Oc1ccccc1. The molecule has 2 atom stereocenters. The van der Waals surface area contributed by atoms with Crippen LogP contribution in [0.25, 0.3) is 0 Å². The van der Waals surface area contributed by atoms with E-state index in [1.165, 1.54) is 13.6 Å². The summed E-state index contributed by atoms with van der Waals surface area (Å²) in [6, 6.07) is 8.65. The van der Waals surface area contributed by atoms with E-state index in [2.05, 4.69) is 0 Å². The Kier molecular flexibility index (Phi) is 5.38. The van der Waals surface area contributed by atoms with E-state index in [4.69, 9.17) is 13.8 Å². The Morgan fingerprint density at radius 2 is 1.94 bits per heavy atom. The molecule has 5 nitrogen and oxygen atoms in total. The van der Waals surface area contributed by atoms with Crippen LogP contribution in [0.1, 0.15) is 13.8 Å². The second kappa shape index (κ2) is 6.57. The largest absolute Gasteiger partial charge is 0.464 e. The first-order valence-corrected chi connectivity index (χ1v) is 7.61. The summed E-state index contributed by atoms with van der Waals surface area (Å²) in [7, 11) is -3.35. The van der Waals surface area contributed by atoms with Gasteiger partial charge in [0, 0.05) is 6.66 Å². The van der Waals surface area contributed by atoms with Gasteiger partial charge in [-0.1, -0.05) is 18.2 Å². The molecule has 1 rings (SSSR count). The van der Waals surface area contributed by atoms with Crippen LogP contribution in [0.4, 0.5) is 0 Å². The van der Waals surface area contributed by atoms with Crippen LogP contribution in [0.15, 0.2) is 30.3 Å². The zero-order chi connectivity index (χ0) is 13.6. The first kappa shape index (κ1) is 14.7. The van der Waals surface area contributed by atoms with Crippen LogP contribution >= 0.6 is 7.60 Å². The van der Waals surface area contributed by atoms with Gasteiger partial charge in [-0.25, -0.2) is 9.36 Å². The minimum atomic E-state index is -3.35. The van der Waals surface area contributed by atoms with E-state index in [9.17, 15) is 9.36 Å². The number of carbonyl (C=O) groups is 1. The number of hydrogen-bond donors (Lipinski definition) is 0. The fourth-order valence-electron chi connectivity index (χ4n) is 1.28. The topological polar surface area (TPSA) is 61.8 Å². The van der Waals surface area contributed by atoms with Crippen molar-refractivity contribution in [3.63, 3.8) is 0 Å². The van der Waals surface area contributed by atoms with Crippen LogP contribution in [0.2, 0.25) is 0 Å². The summed E-state index contributed by atoms with van der Waals surface area (Å²) in [6.07, 6.45) is -0.926. The minimum absolute atomic E-state index is 0.250. The van der Waals surface area contributed by atoms with Gasteiger partial charge >= 0.3 is 13.6 Å². The molecule has 0 aliphatic heterocycles. The van der Waals surface area contributed by atoms with Crippen LogP contribution in [-0.2, 0) is 18.6 Å². The molecule has 0 saturated heterocycles. The molecular formula is C12H17O5P. The van der Waals surface area contributed by atoms with E-state index in [0.717, 1.165) is 0 Å². The predicted octanol–water partition coefficient (Wildman–Crippen LogP) is 2.86. The molecule has 0 spiro atoms. The van der Waals surface area contributed by atoms with Gasteiger partial charge < -0.3 is 9.26 Å². The summed E-state index contributed by atoms with van der Waals surface area (Å²) in [5, 5.41) is 0. The van der Waals surface area contributed by atoms with Gasteiger partial charge in [-0.2, -0.15) is 0 Å². The number of benzene rings is 1. The van der Waals surface area contributed by atoms with Gasteiger partial charge in [0.25, 0.3) is 0 Å². The van der Waals surface area contributed by atoms with Crippen molar-refractivity contribution < 1.29 is 23.1 Å². The van der Waals surface area contributed by atoms with Gasteiger partial charge in [0.1, 0.15) is 5.75 Å². The average molecular weight is 272 g/mol. The third-order valence-corrected chi connectivity index (χ3v) is 3.22. The number of ether oxygens (including phenoxy) is 1. The van der Waals surface area contributed by atoms with Gasteiger partial charge in [-0.3, -0.25) is 4.52 Å². The quantitative estimate of drug-likeness (QED) is 0.588. The zero-order valence-corrected chi connectivity index (χ0v) is 11.6. The average Bonchev–Trinajstić information content (AvgIpc) is 2.29. The van der Waals surface area contributed by atoms with Crippen molar-refractivity contribution >= 4 is 13.6 Å². The lowest BCUT2D eigenvalue weighted by molar-refractivity contribution is -0.150. The van der Waals surface area contributed by atoms with Crippen LogP contribution in [0.3, 0.4) is 0 Å². The third-order valence-electron chi connectivity index (χ3n) is 1.98. The van der Waals surface area contributed by atoms with Crippen molar-refractivity contribution in [3.8, 4) is 5.75 Å².